The molecule has 7 nitrogen and oxygen atoms in total. The molecule has 1 amide bonds. The molecular formula is C28H29N3O4S. The van der Waals surface area contributed by atoms with Crippen molar-refractivity contribution in [2.75, 3.05) is 25.3 Å². The number of ether oxygens (including phenoxy) is 2. The summed E-state index contributed by atoms with van der Waals surface area (Å²) < 4.78 is 12.3. The molecule has 8 heteroatoms. The van der Waals surface area contributed by atoms with E-state index in [0.717, 1.165) is 5.56 Å². The van der Waals surface area contributed by atoms with Crippen LogP contribution in [0.25, 0.3) is 16.6 Å². The summed E-state index contributed by atoms with van der Waals surface area (Å²) in [5, 5.41) is 3.87. The zero-order valence-electron chi connectivity index (χ0n) is 21.0. The number of aromatic nitrogens is 2. The van der Waals surface area contributed by atoms with E-state index in [1.54, 1.807) is 38.5 Å². The van der Waals surface area contributed by atoms with Crippen molar-refractivity contribution in [2.45, 2.75) is 31.3 Å². The Morgan fingerprint density at radius 3 is 2.50 bits per heavy atom. The summed E-state index contributed by atoms with van der Waals surface area (Å²) >= 11 is 1.19. The largest absolute Gasteiger partial charge is 0.497 e. The maximum absolute atomic E-state index is 13.5. The summed E-state index contributed by atoms with van der Waals surface area (Å²) in [7, 11) is 3.14. The van der Waals surface area contributed by atoms with Gasteiger partial charge in [-0.05, 0) is 47.4 Å². The van der Waals surface area contributed by atoms with E-state index in [1.807, 2.05) is 42.5 Å². The van der Waals surface area contributed by atoms with Gasteiger partial charge in [0.15, 0.2) is 5.16 Å². The van der Waals surface area contributed by atoms with Crippen molar-refractivity contribution >= 4 is 34.3 Å². The first-order valence-corrected chi connectivity index (χ1v) is 12.5. The summed E-state index contributed by atoms with van der Waals surface area (Å²) in [6.07, 6.45) is 0. The van der Waals surface area contributed by atoms with Gasteiger partial charge in [-0.15, -0.1) is 0 Å². The monoisotopic (exact) mass is 503 g/mol. The predicted molar refractivity (Wildman–Crippen MR) is 145 cm³/mol. The average molecular weight is 504 g/mol. The summed E-state index contributed by atoms with van der Waals surface area (Å²) in [5.41, 5.74) is 2.57. The van der Waals surface area contributed by atoms with Crippen molar-refractivity contribution in [2.24, 2.45) is 0 Å². The highest BCUT2D eigenvalue weighted by molar-refractivity contribution is 7.99. The van der Waals surface area contributed by atoms with E-state index in [2.05, 4.69) is 26.1 Å². The highest BCUT2D eigenvalue weighted by Crippen LogP contribution is 2.32. The second-order valence-corrected chi connectivity index (χ2v) is 10.2. The van der Waals surface area contributed by atoms with E-state index in [1.165, 1.54) is 16.3 Å². The number of carbonyl (C=O) groups is 1. The number of carbonyl (C=O) groups excluding carboxylic acids is 1. The van der Waals surface area contributed by atoms with Gasteiger partial charge in [0, 0.05) is 6.07 Å². The number of methoxy groups -OCH3 is 2. The molecular weight excluding hydrogens is 474 g/mol. The Bertz CT molecular complexity index is 1470. The number of benzene rings is 3. The van der Waals surface area contributed by atoms with Gasteiger partial charge in [0.05, 0.1) is 42.3 Å². The Morgan fingerprint density at radius 1 is 1.00 bits per heavy atom. The molecule has 186 valence electrons. The summed E-state index contributed by atoms with van der Waals surface area (Å²) in [6, 6.07) is 20.2. The van der Waals surface area contributed by atoms with E-state index < -0.39 is 0 Å². The van der Waals surface area contributed by atoms with Gasteiger partial charge >= 0.3 is 0 Å². The van der Waals surface area contributed by atoms with Crippen molar-refractivity contribution in [3.63, 3.8) is 0 Å². The van der Waals surface area contributed by atoms with Gasteiger partial charge < -0.3 is 14.8 Å². The van der Waals surface area contributed by atoms with Crippen molar-refractivity contribution in [1.82, 2.24) is 9.55 Å². The topological polar surface area (TPSA) is 82.4 Å². The van der Waals surface area contributed by atoms with E-state index in [9.17, 15) is 9.59 Å². The normalized spacial score (nSPS) is 11.4. The molecule has 0 radical (unpaired) electrons. The van der Waals surface area contributed by atoms with Crippen molar-refractivity contribution in [3.05, 3.63) is 82.6 Å². The third-order valence-electron chi connectivity index (χ3n) is 5.73. The fourth-order valence-corrected chi connectivity index (χ4v) is 4.59. The third-order valence-corrected chi connectivity index (χ3v) is 6.67. The Morgan fingerprint density at radius 2 is 1.78 bits per heavy atom. The van der Waals surface area contributed by atoms with E-state index >= 15 is 0 Å². The molecule has 0 aliphatic rings. The zero-order valence-corrected chi connectivity index (χ0v) is 21.8. The molecule has 0 bridgehead atoms. The number of thioether (sulfide) groups is 1. The minimum atomic E-state index is -0.232. The number of nitrogens with zero attached hydrogens (tertiary/aromatic N) is 2. The minimum Gasteiger partial charge on any atom is -0.497 e. The number of fused-ring (bicyclic) bond motifs is 1. The first kappa shape index (κ1) is 25.3. The Balaban J connectivity index is 1.66. The molecule has 0 unspecified atom stereocenters. The van der Waals surface area contributed by atoms with Gasteiger partial charge in [0.2, 0.25) is 5.91 Å². The molecule has 0 saturated heterocycles. The number of hydrogen-bond acceptors (Lipinski definition) is 6. The van der Waals surface area contributed by atoms with Crippen LogP contribution in [0.2, 0.25) is 0 Å². The van der Waals surface area contributed by atoms with Crippen LogP contribution in [0, 0.1) is 0 Å². The number of para-hydroxylation sites is 1. The number of rotatable bonds is 7. The SMILES string of the molecule is COc1cccc(-n2c(SCC(=O)Nc3cc(C(C)(C)C)ccc3OC)nc3ccccc3c2=O)c1. The Labute approximate surface area is 214 Å². The molecule has 1 heterocycles. The van der Waals surface area contributed by atoms with Gasteiger partial charge in [-0.25, -0.2) is 4.98 Å². The van der Waals surface area contributed by atoms with Gasteiger partial charge in [0.25, 0.3) is 5.56 Å². The summed E-state index contributed by atoms with van der Waals surface area (Å²) in [4.78, 5) is 31.1. The van der Waals surface area contributed by atoms with Gasteiger partial charge in [-0.2, -0.15) is 0 Å². The van der Waals surface area contributed by atoms with Crippen LogP contribution in [-0.4, -0.2) is 35.4 Å². The lowest BCUT2D eigenvalue weighted by molar-refractivity contribution is -0.113. The van der Waals surface area contributed by atoms with Crippen LogP contribution in [0.3, 0.4) is 0 Å². The molecule has 0 atom stereocenters. The van der Waals surface area contributed by atoms with Crippen LogP contribution in [-0.2, 0) is 10.2 Å². The quantitative estimate of drug-likeness (QED) is 0.267. The molecule has 4 aromatic rings. The molecule has 4 rings (SSSR count). The average Bonchev–Trinajstić information content (AvgIpc) is 2.87. The maximum Gasteiger partial charge on any atom is 0.266 e. The molecule has 1 N–H and O–H groups in total. The lowest BCUT2D eigenvalue weighted by Crippen LogP contribution is -2.23. The van der Waals surface area contributed by atoms with Crippen molar-refractivity contribution in [1.29, 1.82) is 0 Å². The molecule has 0 aliphatic heterocycles. The van der Waals surface area contributed by atoms with Crippen LogP contribution >= 0.6 is 11.8 Å². The smallest absolute Gasteiger partial charge is 0.266 e. The van der Waals surface area contributed by atoms with Crippen LogP contribution in [0.1, 0.15) is 26.3 Å². The lowest BCUT2D eigenvalue weighted by atomic mass is 9.87. The van der Waals surface area contributed by atoms with Gasteiger partial charge in [-0.1, -0.05) is 56.8 Å². The molecule has 0 aliphatic carbocycles. The van der Waals surface area contributed by atoms with Crippen LogP contribution in [0.15, 0.2) is 76.7 Å². The second-order valence-electron chi connectivity index (χ2n) is 9.26. The first-order valence-electron chi connectivity index (χ1n) is 11.5. The van der Waals surface area contributed by atoms with Gasteiger partial charge in [0.1, 0.15) is 11.5 Å². The Kier molecular flexibility index (Phi) is 7.35. The van der Waals surface area contributed by atoms with Gasteiger partial charge in [-0.3, -0.25) is 14.2 Å². The highest BCUT2D eigenvalue weighted by Gasteiger charge is 2.19. The highest BCUT2D eigenvalue weighted by atomic mass is 32.2. The van der Waals surface area contributed by atoms with Crippen molar-refractivity contribution in [3.8, 4) is 17.2 Å². The maximum atomic E-state index is 13.5. The van der Waals surface area contributed by atoms with Crippen molar-refractivity contribution < 1.29 is 14.3 Å². The molecule has 3 aromatic carbocycles. The number of nitrogens with one attached hydrogen (secondary N) is 1. The number of hydrogen-bond donors (Lipinski definition) is 1. The minimum absolute atomic E-state index is 0.0532. The molecule has 36 heavy (non-hydrogen) atoms. The fraction of sp³-hybridized carbons (Fsp3) is 0.250. The first-order chi connectivity index (χ1) is 17.2. The third kappa shape index (κ3) is 5.39. The Hall–Kier alpha value is -3.78. The standard InChI is InChI=1S/C28H29N3O4S/c1-28(2,3)18-13-14-24(35-5)23(15-18)29-25(32)17-36-27-30-22-12-7-6-11-21(22)26(33)31(27)19-9-8-10-20(16-19)34-4/h6-16H,17H2,1-5H3,(H,29,32). The lowest BCUT2D eigenvalue weighted by Gasteiger charge is -2.21. The summed E-state index contributed by atoms with van der Waals surface area (Å²) in [6.45, 7) is 6.33. The van der Waals surface area contributed by atoms with Crippen LogP contribution in [0.4, 0.5) is 5.69 Å². The number of amides is 1. The second kappa shape index (κ2) is 10.5. The predicted octanol–water partition coefficient (Wildman–Crippen LogP) is 5.43. The van der Waals surface area contributed by atoms with Crippen LogP contribution in [0.5, 0.6) is 11.5 Å². The fourth-order valence-electron chi connectivity index (χ4n) is 3.77. The molecule has 0 fully saturated rings. The molecule has 1 aromatic heterocycles. The van der Waals surface area contributed by atoms with E-state index in [-0.39, 0.29) is 22.6 Å². The zero-order chi connectivity index (χ0) is 25.9. The van der Waals surface area contributed by atoms with Crippen LogP contribution < -0.4 is 20.3 Å². The number of anilines is 1. The summed E-state index contributed by atoms with van der Waals surface area (Å²) in [5.74, 6) is 1.02. The molecule has 0 spiro atoms. The molecule has 0 saturated carbocycles. The van der Waals surface area contributed by atoms with E-state index in [4.69, 9.17) is 14.5 Å². The van der Waals surface area contributed by atoms with E-state index in [0.29, 0.717) is 38.9 Å².